The third-order valence-corrected chi connectivity index (χ3v) is 7.20. The van der Waals surface area contributed by atoms with Gasteiger partial charge in [0, 0.05) is 41.3 Å². The second kappa shape index (κ2) is 8.84. The Bertz CT molecular complexity index is 837. The normalized spacial score (nSPS) is 11.5. The number of sulfonamides is 1. The monoisotopic (exact) mass is 442 g/mol. The van der Waals surface area contributed by atoms with Crippen LogP contribution in [-0.2, 0) is 14.8 Å². The summed E-state index contributed by atoms with van der Waals surface area (Å²) in [7, 11) is -0.498. The summed E-state index contributed by atoms with van der Waals surface area (Å²) in [6, 6.07) is 14.0. The fraction of sp³-hybridized carbons (Fsp3) is 0.235. The average Bonchev–Trinajstić information content (AvgIpc) is 2.57. The first-order valence-corrected chi connectivity index (χ1v) is 10.7. The third-order valence-electron chi connectivity index (χ3n) is 3.34. The minimum Gasteiger partial charge on any atom is -0.326 e. The Balaban J connectivity index is 1.88. The number of carbonyl (C=O) groups excluding carboxylic acids is 1. The van der Waals surface area contributed by atoms with Crippen molar-refractivity contribution in [1.82, 2.24) is 4.31 Å². The zero-order valence-electron chi connectivity index (χ0n) is 13.9. The van der Waals surface area contributed by atoms with Crippen molar-refractivity contribution in [3.05, 3.63) is 53.0 Å². The Hall–Kier alpha value is -1.35. The third kappa shape index (κ3) is 5.57. The zero-order chi connectivity index (χ0) is 18.4. The molecule has 0 radical (unpaired) electrons. The molecule has 0 saturated heterocycles. The van der Waals surface area contributed by atoms with E-state index < -0.39 is 10.0 Å². The molecular weight excluding hydrogens is 424 g/mol. The van der Waals surface area contributed by atoms with E-state index in [0.29, 0.717) is 17.9 Å². The highest BCUT2D eigenvalue weighted by Gasteiger charge is 2.16. The minimum atomic E-state index is -3.46. The number of carbonyl (C=O) groups is 1. The molecule has 0 bridgehead atoms. The van der Waals surface area contributed by atoms with Gasteiger partial charge in [-0.25, -0.2) is 12.7 Å². The topological polar surface area (TPSA) is 66.5 Å². The number of halogens is 1. The van der Waals surface area contributed by atoms with Crippen LogP contribution >= 0.6 is 27.7 Å². The number of anilines is 1. The molecule has 0 atom stereocenters. The fourth-order valence-electron chi connectivity index (χ4n) is 1.96. The van der Waals surface area contributed by atoms with Crippen LogP contribution in [0.1, 0.15) is 6.42 Å². The molecule has 0 aliphatic carbocycles. The highest BCUT2D eigenvalue weighted by molar-refractivity contribution is 9.10. The molecule has 0 aliphatic heterocycles. The molecule has 1 N–H and O–H groups in total. The van der Waals surface area contributed by atoms with E-state index in [4.69, 9.17) is 0 Å². The van der Waals surface area contributed by atoms with Crippen molar-refractivity contribution in [2.24, 2.45) is 0 Å². The fourth-order valence-corrected chi connectivity index (χ4v) is 4.38. The molecule has 8 heteroatoms. The summed E-state index contributed by atoms with van der Waals surface area (Å²) < 4.78 is 26.2. The number of amides is 1. The molecule has 2 rings (SSSR count). The molecule has 134 valence electrons. The van der Waals surface area contributed by atoms with E-state index in [1.54, 1.807) is 23.9 Å². The van der Waals surface area contributed by atoms with Gasteiger partial charge >= 0.3 is 0 Å². The quantitative estimate of drug-likeness (QED) is 0.661. The van der Waals surface area contributed by atoms with Gasteiger partial charge in [0.15, 0.2) is 0 Å². The van der Waals surface area contributed by atoms with E-state index in [-0.39, 0.29) is 10.8 Å². The van der Waals surface area contributed by atoms with E-state index in [2.05, 4.69) is 21.2 Å². The van der Waals surface area contributed by atoms with Crippen LogP contribution in [0.2, 0.25) is 0 Å². The lowest BCUT2D eigenvalue weighted by Crippen LogP contribution is -2.22. The van der Waals surface area contributed by atoms with Crippen molar-refractivity contribution < 1.29 is 13.2 Å². The van der Waals surface area contributed by atoms with Crippen LogP contribution in [0.5, 0.6) is 0 Å². The van der Waals surface area contributed by atoms with Crippen LogP contribution in [0.15, 0.2) is 62.8 Å². The van der Waals surface area contributed by atoms with Crippen LogP contribution < -0.4 is 5.32 Å². The van der Waals surface area contributed by atoms with E-state index in [1.165, 1.54) is 26.2 Å². The van der Waals surface area contributed by atoms with E-state index in [1.807, 2.05) is 24.3 Å². The van der Waals surface area contributed by atoms with Gasteiger partial charge in [-0.1, -0.05) is 12.1 Å². The van der Waals surface area contributed by atoms with Gasteiger partial charge in [0.25, 0.3) is 0 Å². The van der Waals surface area contributed by atoms with Crippen molar-refractivity contribution in [2.75, 3.05) is 25.2 Å². The molecule has 0 aromatic heterocycles. The first-order valence-electron chi connectivity index (χ1n) is 7.50. The lowest BCUT2D eigenvalue weighted by molar-refractivity contribution is -0.115. The summed E-state index contributed by atoms with van der Waals surface area (Å²) >= 11 is 5.08. The molecule has 0 heterocycles. The Morgan fingerprint density at radius 3 is 2.36 bits per heavy atom. The van der Waals surface area contributed by atoms with Crippen molar-refractivity contribution in [3.63, 3.8) is 0 Å². The van der Waals surface area contributed by atoms with Gasteiger partial charge in [-0.15, -0.1) is 11.8 Å². The summed E-state index contributed by atoms with van der Waals surface area (Å²) in [4.78, 5) is 13.3. The summed E-state index contributed by atoms with van der Waals surface area (Å²) in [6.07, 6.45) is 0.365. The molecule has 0 saturated carbocycles. The first-order chi connectivity index (χ1) is 11.8. The molecule has 0 fully saturated rings. The zero-order valence-corrected chi connectivity index (χ0v) is 17.1. The Morgan fingerprint density at radius 1 is 1.12 bits per heavy atom. The van der Waals surface area contributed by atoms with Crippen LogP contribution in [-0.4, -0.2) is 38.5 Å². The Labute approximate surface area is 161 Å². The second-order valence-electron chi connectivity index (χ2n) is 5.39. The van der Waals surface area contributed by atoms with E-state index in [9.17, 15) is 13.2 Å². The Morgan fingerprint density at radius 2 is 1.76 bits per heavy atom. The highest BCUT2D eigenvalue weighted by Crippen LogP contribution is 2.27. The van der Waals surface area contributed by atoms with Gasteiger partial charge < -0.3 is 5.32 Å². The molecular formula is C17H19BrN2O3S2. The number of hydrogen-bond acceptors (Lipinski definition) is 4. The second-order valence-corrected chi connectivity index (χ2v) is 9.53. The van der Waals surface area contributed by atoms with Crippen LogP contribution in [0, 0.1) is 0 Å². The van der Waals surface area contributed by atoms with Crippen LogP contribution in [0.3, 0.4) is 0 Å². The number of benzene rings is 2. The van der Waals surface area contributed by atoms with Gasteiger partial charge in [-0.2, -0.15) is 0 Å². The molecule has 2 aromatic carbocycles. The summed E-state index contributed by atoms with van der Waals surface area (Å²) in [6.45, 7) is 0. The van der Waals surface area contributed by atoms with Crippen molar-refractivity contribution in [2.45, 2.75) is 16.2 Å². The number of hydrogen-bond donors (Lipinski definition) is 1. The SMILES string of the molecule is CN(C)S(=O)(=O)c1ccc(NC(=O)CCSc2ccccc2Br)cc1. The number of rotatable bonds is 7. The predicted octanol–water partition coefficient (Wildman–Crippen LogP) is 3.82. The lowest BCUT2D eigenvalue weighted by atomic mass is 10.3. The van der Waals surface area contributed by atoms with E-state index >= 15 is 0 Å². The Kier molecular flexibility index (Phi) is 7.06. The van der Waals surface area contributed by atoms with Crippen LogP contribution in [0.4, 0.5) is 5.69 Å². The summed E-state index contributed by atoms with van der Waals surface area (Å²) in [5, 5.41) is 2.78. The molecule has 5 nitrogen and oxygen atoms in total. The maximum absolute atomic E-state index is 12.0. The first kappa shape index (κ1) is 20.0. The summed E-state index contributed by atoms with van der Waals surface area (Å²) in [5.74, 6) is 0.546. The molecule has 0 spiro atoms. The van der Waals surface area contributed by atoms with Crippen molar-refractivity contribution in [1.29, 1.82) is 0 Å². The van der Waals surface area contributed by atoms with Gasteiger partial charge in [-0.05, 0) is 52.3 Å². The standard InChI is InChI=1S/C17H19BrN2O3S2/c1-20(2)25(22,23)14-9-7-13(8-10-14)19-17(21)11-12-24-16-6-4-3-5-15(16)18/h3-10H,11-12H2,1-2H3,(H,19,21). The van der Waals surface area contributed by atoms with E-state index in [0.717, 1.165) is 13.7 Å². The van der Waals surface area contributed by atoms with Crippen LogP contribution in [0.25, 0.3) is 0 Å². The maximum Gasteiger partial charge on any atom is 0.242 e. The molecule has 0 unspecified atom stereocenters. The van der Waals surface area contributed by atoms with Gasteiger partial charge in [0.05, 0.1) is 4.90 Å². The highest BCUT2D eigenvalue weighted by atomic mass is 79.9. The molecule has 1 amide bonds. The van der Waals surface area contributed by atoms with Crippen molar-refractivity contribution >= 4 is 49.3 Å². The molecule has 25 heavy (non-hydrogen) atoms. The molecule has 0 aliphatic rings. The summed E-state index contributed by atoms with van der Waals surface area (Å²) in [5.41, 5.74) is 0.577. The average molecular weight is 443 g/mol. The predicted molar refractivity (Wildman–Crippen MR) is 105 cm³/mol. The largest absolute Gasteiger partial charge is 0.326 e. The van der Waals surface area contributed by atoms with Gasteiger partial charge in [-0.3, -0.25) is 4.79 Å². The van der Waals surface area contributed by atoms with Gasteiger partial charge in [0.1, 0.15) is 0 Å². The molecule has 2 aromatic rings. The smallest absolute Gasteiger partial charge is 0.242 e. The number of thioether (sulfide) groups is 1. The maximum atomic E-state index is 12.0. The number of nitrogens with one attached hydrogen (secondary N) is 1. The lowest BCUT2D eigenvalue weighted by Gasteiger charge is -2.12. The minimum absolute atomic E-state index is 0.109. The van der Waals surface area contributed by atoms with Crippen molar-refractivity contribution in [3.8, 4) is 0 Å². The number of nitrogens with zero attached hydrogens (tertiary/aromatic N) is 1. The van der Waals surface area contributed by atoms with Gasteiger partial charge in [0.2, 0.25) is 15.9 Å².